The maximum atomic E-state index is 11.2. The minimum atomic E-state index is -1.10. The van der Waals surface area contributed by atoms with Gasteiger partial charge in [-0.2, -0.15) is 0 Å². The first kappa shape index (κ1) is 33.7. The van der Waals surface area contributed by atoms with Gasteiger partial charge in [-0.3, -0.25) is 4.79 Å². The summed E-state index contributed by atoms with van der Waals surface area (Å²) in [5, 5.41) is 13.5. The number of benzene rings is 2. The second kappa shape index (κ2) is 18.9. The van der Waals surface area contributed by atoms with Crippen LogP contribution >= 0.6 is 0 Å². The molecule has 0 atom stereocenters. The number of carbonyl (C=O) groups excluding carboxylic acids is 2. The topological polar surface area (TPSA) is 131 Å². The number of rotatable bonds is 4. The van der Waals surface area contributed by atoms with Gasteiger partial charge < -0.3 is 26.2 Å². The summed E-state index contributed by atoms with van der Waals surface area (Å²) >= 11 is 0. The highest BCUT2D eigenvalue weighted by Gasteiger charge is 2.14. The number of carboxylic acids is 1. The van der Waals surface area contributed by atoms with Crippen molar-refractivity contribution in [2.45, 2.75) is 53.6 Å². The van der Waals surface area contributed by atoms with Gasteiger partial charge in [-0.05, 0) is 65.3 Å². The highest BCUT2D eigenvalue weighted by Crippen LogP contribution is 2.06. The zero-order valence-electron chi connectivity index (χ0n) is 23.1. The Morgan fingerprint density at radius 2 is 1.32 bits per heavy atom. The Kier molecular flexibility index (Phi) is 16.8. The summed E-state index contributed by atoms with van der Waals surface area (Å²) in [5.74, 6) is 8.63. The molecule has 2 amide bonds. The first-order chi connectivity index (χ1) is 17.9. The Morgan fingerprint density at radius 3 is 1.71 bits per heavy atom. The van der Waals surface area contributed by atoms with Gasteiger partial charge in [-0.25, -0.2) is 9.59 Å². The average Bonchev–Trinajstić information content (AvgIpc) is 2.85. The summed E-state index contributed by atoms with van der Waals surface area (Å²) in [5.41, 5.74) is 8.66. The van der Waals surface area contributed by atoms with Crippen molar-refractivity contribution in [3.8, 4) is 23.7 Å². The molecule has 5 N–H and O–H groups in total. The molecule has 2 aromatic rings. The molecule has 0 saturated heterocycles. The molecule has 2 rings (SSSR count). The molecule has 0 spiro atoms. The molecule has 8 heteroatoms. The molecular formula is C30H39N3O5. The standard InChI is InChI=1S/C13H15NO.C10H8O2.C7H16N2O2/c1-3-10-14-13(15)9-8-12-6-4-11(2)5-7-12;1-8-2-4-9(5-3-8)6-7-10(11)12;1-7(2,3)11-6(10)9-5-4-8/h4-7H,3,10H2,1-2H3,(H,14,15);2-5H,1H3,(H,11,12);4-5,8H2,1-3H3,(H,9,10). The summed E-state index contributed by atoms with van der Waals surface area (Å²) in [6, 6.07) is 15.2. The Hall–Kier alpha value is -4.27. The molecule has 0 radical (unpaired) electrons. The second-order valence-electron chi connectivity index (χ2n) is 9.01. The van der Waals surface area contributed by atoms with Crippen molar-refractivity contribution < 1.29 is 24.2 Å². The predicted octanol–water partition coefficient (Wildman–Crippen LogP) is 3.77. The van der Waals surface area contributed by atoms with Crippen molar-refractivity contribution in [3.05, 3.63) is 70.8 Å². The van der Waals surface area contributed by atoms with E-state index in [4.69, 9.17) is 15.6 Å². The SMILES string of the molecule is CC(C)(C)OC(=O)NCCN.CCCNC(=O)C#Cc1ccc(C)cc1.Cc1ccc(C#CC(=O)O)cc1. The summed E-state index contributed by atoms with van der Waals surface area (Å²) in [6.07, 6.45) is 0.515. The number of aryl methyl sites for hydroxylation is 2. The van der Waals surface area contributed by atoms with E-state index in [0.29, 0.717) is 19.6 Å². The zero-order chi connectivity index (χ0) is 29.0. The van der Waals surface area contributed by atoms with Gasteiger partial charge in [0.15, 0.2) is 0 Å². The Labute approximate surface area is 226 Å². The van der Waals surface area contributed by atoms with E-state index in [1.54, 1.807) is 12.1 Å². The molecular weight excluding hydrogens is 482 g/mol. The van der Waals surface area contributed by atoms with Crippen LogP contribution in [0.25, 0.3) is 0 Å². The van der Waals surface area contributed by atoms with Crippen LogP contribution in [0.2, 0.25) is 0 Å². The van der Waals surface area contributed by atoms with Gasteiger partial charge in [0.1, 0.15) is 5.60 Å². The lowest BCUT2D eigenvalue weighted by atomic mass is 10.1. The van der Waals surface area contributed by atoms with Gasteiger partial charge in [0.25, 0.3) is 5.91 Å². The lowest BCUT2D eigenvalue weighted by Gasteiger charge is -2.19. The molecule has 38 heavy (non-hydrogen) atoms. The van der Waals surface area contributed by atoms with Crippen LogP contribution in [-0.2, 0) is 14.3 Å². The van der Waals surface area contributed by atoms with Gasteiger partial charge in [-0.15, -0.1) is 0 Å². The monoisotopic (exact) mass is 521 g/mol. The van der Waals surface area contributed by atoms with E-state index in [2.05, 4.69) is 28.4 Å². The van der Waals surface area contributed by atoms with Crippen LogP contribution in [0.5, 0.6) is 0 Å². The Balaban J connectivity index is 0.000000549. The molecule has 0 aliphatic rings. The van der Waals surface area contributed by atoms with Crippen molar-refractivity contribution in [2.24, 2.45) is 5.73 Å². The van der Waals surface area contributed by atoms with E-state index in [0.717, 1.165) is 23.1 Å². The zero-order valence-corrected chi connectivity index (χ0v) is 23.1. The number of hydrogen-bond acceptors (Lipinski definition) is 5. The lowest BCUT2D eigenvalue weighted by Crippen LogP contribution is -2.35. The third-order valence-electron chi connectivity index (χ3n) is 4.09. The minimum absolute atomic E-state index is 0.211. The fourth-order valence-electron chi connectivity index (χ4n) is 2.30. The minimum Gasteiger partial charge on any atom is -0.472 e. The highest BCUT2D eigenvalue weighted by molar-refractivity contribution is 5.94. The van der Waals surface area contributed by atoms with Gasteiger partial charge in [0, 0.05) is 42.6 Å². The summed E-state index contributed by atoms with van der Waals surface area (Å²) in [6.45, 7) is 13.0. The van der Waals surface area contributed by atoms with E-state index in [1.807, 2.05) is 83.9 Å². The molecule has 0 aliphatic heterocycles. The van der Waals surface area contributed by atoms with E-state index in [1.165, 1.54) is 5.56 Å². The first-order valence-corrected chi connectivity index (χ1v) is 12.2. The predicted molar refractivity (Wildman–Crippen MR) is 150 cm³/mol. The largest absolute Gasteiger partial charge is 0.472 e. The maximum absolute atomic E-state index is 11.2. The molecule has 0 heterocycles. The van der Waals surface area contributed by atoms with Crippen molar-refractivity contribution in [3.63, 3.8) is 0 Å². The number of alkyl carbamates (subject to hydrolysis) is 1. The van der Waals surface area contributed by atoms with Crippen molar-refractivity contribution in [1.29, 1.82) is 0 Å². The van der Waals surface area contributed by atoms with Gasteiger partial charge in [-0.1, -0.05) is 54.2 Å². The molecule has 0 unspecified atom stereocenters. The number of ether oxygens (including phenoxy) is 1. The number of hydrogen-bond donors (Lipinski definition) is 4. The van der Waals surface area contributed by atoms with Crippen LogP contribution in [0.4, 0.5) is 4.79 Å². The quantitative estimate of drug-likeness (QED) is 0.453. The number of carboxylic acid groups (broad SMARTS) is 1. The van der Waals surface area contributed by atoms with E-state index in [9.17, 15) is 14.4 Å². The number of amides is 2. The summed E-state index contributed by atoms with van der Waals surface area (Å²) < 4.78 is 4.93. The molecule has 0 bridgehead atoms. The van der Waals surface area contributed by atoms with E-state index in [-0.39, 0.29) is 5.91 Å². The molecule has 8 nitrogen and oxygen atoms in total. The van der Waals surface area contributed by atoms with E-state index < -0.39 is 17.7 Å². The van der Waals surface area contributed by atoms with Crippen molar-refractivity contribution >= 4 is 18.0 Å². The normalized spacial score (nSPS) is 9.34. The van der Waals surface area contributed by atoms with Crippen molar-refractivity contribution in [2.75, 3.05) is 19.6 Å². The van der Waals surface area contributed by atoms with E-state index >= 15 is 0 Å². The smallest absolute Gasteiger partial charge is 0.407 e. The molecule has 0 aliphatic carbocycles. The van der Waals surface area contributed by atoms with Crippen LogP contribution in [0.3, 0.4) is 0 Å². The fourth-order valence-corrected chi connectivity index (χ4v) is 2.30. The third kappa shape index (κ3) is 20.0. The van der Waals surface area contributed by atoms with Gasteiger partial charge >= 0.3 is 12.1 Å². The number of nitrogens with one attached hydrogen (secondary N) is 2. The summed E-state index contributed by atoms with van der Waals surface area (Å²) in [7, 11) is 0. The van der Waals surface area contributed by atoms with Gasteiger partial charge in [0.2, 0.25) is 0 Å². The third-order valence-corrected chi connectivity index (χ3v) is 4.09. The van der Waals surface area contributed by atoms with Crippen LogP contribution in [0.15, 0.2) is 48.5 Å². The number of carbonyl (C=O) groups is 3. The van der Waals surface area contributed by atoms with Crippen LogP contribution in [-0.4, -0.2) is 48.3 Å². The second-order valence-corrected chi connectivity index (χ2v) is 9.01. The molecule has 0 aromatic heterocycles. The first-order valence-electron chi connectivity index (χ1n) is 12.2. The Morgan fingerprint density at radius 1 is 0.842 bits per heavy atom. The van der Waals surface area contributed by atoms with Crippen LogP contribution in [0.1, 0.15) is 56.4 Å². The summed E-state index contributed by atoms with van der Waals surface area (Å²) in [4.78, 5) is 32.1. The molecule has 0 fully saturated rings. The van der Waals surface area contributed by atoms with Crippen molar-refractivity contribution in [1.82, 2.24) is 10.6 Å². The van der Waals surface area contributed by atoms with Crippen LogP contribution in [0, 0.1) is 37.5 Å². The fraction of sp³-hybridized carbons (Fsp3) is 0.367. The molecule has 204 valence electrons. The van der Waals surface area contributed by atoms with Crippen LogP contribution < -0.4 is 16.4 Å². The number of aliphatic carboxylic acids is 1. The Bertz CT molecular complexity index is 1130. The highest BCUT2D eigenvalue weighted by atomic mass is 16.6. The lowest BCUT2D eigenvalue weighted by molar-refractivity contribution is -0.130. The molecule has 0 saturated carbocycles. The maximum Gasteiger partial charge on any atom is 0.407 e. The molecule has 2 aromatic carbocycles. The number of nitrogens with two attached hydrogens (primary N) is 1. The average molecular weight is 522 g/mol. The van der Waals surface area contributed by atoms with Gasteiger partial charge in [0.05, 0.1) is 0 Å².